The number of ketones is 3. The molecule has 0 amide bonds. The number of aromatic nitrogens is 2. The second-order valence-corrected chi connectivity index (χ2v) is 21.2. The number of aromatic hydroxyl groups is 8. The summed E-state index contributed by atoms with van der Waals surface area (Å²) in [7, 11) is 3.12. The molecule has 78 heavy (non-hydrogen) atoms. The summed E-state index contributed by atoms with van der Waals surface area (Å²) < 4.78 is 11.2. The van der Waals surface area contributed by atoms with E-state index < -0.39 is 23.7 Å². The van der Waals surface area contributed by atoms with E-state index >= 15 is 0 Å². The van der Waals surface area contributed by atoms with Crippen molar-refractivity contribution in [2.45, 2.75) is 119 Å². The zero-order valence-electron chi connectivity index (χ0n) is 45.4. The quantitative estimate of drug-likeness (QED) is 0.0568. The summed E-state index contributed by atoms with van der Waals surface area (Å²) in [5.74, 6) is -2.54. The first-order valence-electron chi connectivity index (χ1n) is 24.3. The monoisotopic (exact) mass is 1340 g/mol. The number of fused-ring (bicyclic) bond motifs is 8. The summed E-state index contributed by atoms with van der Waals surface area (Å²) in [6.45, 7) is 16.7. The number of nitrogens with zero attached hydrogens (tertiary/aromatic N) is 2. The van der Waals surface area contributed by atoms with E-state index in [-0.39, 0.29) is 81.2 Å². The van der Waals surface area contributed by atoms with Gasteiger partial charge in [0.2, 0.25) is 0 Å². The predicted octanol–water partition coefficient (Wildman–Crippen LogP) is 13.3. The third-order valence-corrected chi connectivity index (χ3v) is 14.7. The Labute approximate surface area is 488 Å². The van der Waals surface area contributed by atoms with Crippen LogP contribution in [0.2, 0.25) is 0 Å². The lowest BCUT2D eigenvalue weighted by atomic mass is 9.77. The fraction of sp³-hybridized carbons (Fsp3) is 0.351. The summed E-state index contributed by atoms with van der Waals surface area (Å²) in [6, 6.07) is 13.1. The molecule has 4 aromatic carbocycles. The van der Waals surface area contributed by atoms with Gasteiger partial charge in [-0.2, -0.15) is 9.46 Å². The molecule has 0 saturated carbocycles. The first-order valence-corrected chi connectivity index (χ1v) is 27.5. The van der Waals surface area contributed by atoms with Crippen molar-refractivity contribution in [3.63, 3.8) is 0 Å². The number of hydrogen-bond acceptors (Lipinski definition) is 15. The number of halogens is 4. The largest absolute Gasteiger partial charge is 0.619 e. The molecule has 8 bridgehead atoms. The van der Waals surface area contributed by atoms with E-state index in [1.165, 1.54) is 66.3 Å². The third kappa shape index (κ3) is 17.4. The summed E-state index contributed by atoms with van der Waals surface area (Å²) in [4.78, 5) is 28.3. The van der Waals surface area contributed by atoms with E-state index in [0.29, 0.717) is 91.2 Å². The number of pyridine rings is 2. The van der Waals surface area contributed by atoms with Crippen molar-refractivity contribution in [2.75, 3.05) is 14.2 Å². The van der Waals surface area contributed by atoms with Gasteiger partial charge in [0, 0.05) is 92.4 Å². The number of Topliss-reactive ketones (excluding diaryl/α,β-unsaturated/α-hetero) is 3. The SMILES string of the molecule is CC(C)=O.CC(C)=O.CC(C)=O.CCC1c2cc(c(O)c(Br)c2O)C(CC)c2cc(c(O)c(Br)c2O)C(CC)c2cc(c(O)c(Br)c2O)C(CC)c2cc1c(O)c(Br)c2O.COc1cc[n+]([O-])cc1.COc1cc[n+]([O-])cc1. The molecule has 17 nitrogen and oxygen atoms in total. The second-order valence-electron chi connectivity index (χ2n) is 18.0. The van der Waals surface area contributed by atoms with E-state index in [1.54, 1.807) is 62.8 Å². The van der Waals surface area contributed by atoms with E-state index in [2.05, 4.69) is 63.7 Å². The number of carbonyl (C=O) groups is 3. The Balaban J connectivity index is 0.000000557. The molecule has 2 heterocycles. The van der Waals surface area contributed by atoms with Crippen LogP contribution in [0.15, 0.2) is 91.2 Å². The number of ether oxygens (including phenoxy) is 2. The Morgan fingerprint density at radius 1 is 0.397 bits per heavy atom. The molecule has 2 aromatic heterocycles. The fourth-order valence-electron chi connectivity index (χ4n) is 8.30. The molecule has 0 saturated heterocycles. The summed E-state index contributed by atoms with van der Waals surface area (Å²) >= 11 is 13.5. The maximum absolute atomic E-state index is 11.5. The van der Waals surface area contributed by atoms with Crippen molar-refractivity contribution >= 4 is 81.1 Å². The second kappa shape index (κ2) is 31.3. The standard InChI is InChI=1S/C36H36Br4O8.2C6H7NO2.3C3H6O/c1-5-13-17-9-19(31(43)25(37)29(17)41)14(6-2)21-11-23(35(47)27(39)33(21)45)16(8-4)24-12-22(34(46)28(40)36(24)48)15(7-3)20-10-18(13)30(42)26(38)32(20)44;2*1-9-6-2-4-7(8)5-3-6;3*1-3(2)4/h9-16,41-48H,5-8H2,1-4H3;2*2-5H,1H3;3*1-2H3. The Bertz CT molecular complexity index is 2550. The summed E-state index contributed by atoms with van der Waals surface area (Å²) in [6.07, 6.45) is 7.11. The molecular weight excluding hydrogens is 1270 g/mol. The van der Waals surface area contributed by atoms with Crippen LogP contribution in [-0.2, 0) is 14.4 Å². The average molecular weight is 1340 g/mol. The van der Waals surface area contributed by atoms with Crippen molar-refractivity contribution in [3.05, 3.63) is 146 Å². The van der Waals surface area contributed by atoms with Crippen molar-refractivity contribution in [1.29, 1.82) is 0 Å². The number of methoxy groups -OCH3 is 2. The van der Waals surface area contributed by atoms with Crippen LogP contribution >= 0.6 is 63.7 Å². The molecule has 0 spiro atoms. The van der Waals surface area contributed by atoms with Crippen molar-refractivity contribution in [3.8, 4) is 57.5 Å². The molecule has 0 radical (unpaired) electrons. The maximum Gasteiger partial charge on any atom is 0.184 e. The number of benzene rings is 4. The Kier molecular flexibility index (Phi) is 27.2. The van der Waals surface area contributed by atoms with Crippen molar-refractivity contribution < 1.29 is 74.2 Å². The summed E-state index contributed by atoms with van der Waals surface area (Å²) in [5, 5.41) is 112. The maximum atomic E-state index is 11.5. The molecule has 1 aliphatic rings. The van der Waals surface area contributed by atoms with E-state index in [1.807, 2.05) is 27.7 Å². The lowest BCUT2D eigenvalue weighted by Gasteiger charge is -2.29. The normalized spacial score (nSPS) is 14.8. The van der Waals surface area contributed by atoms with Gasteiger partial charge in [-0.05, 0) is 155 Å². The molecular formula is C57H68Br4N2O15. The van der Waals surface area contributed by atoms with Crippen LogP contribution in [0.4, 0.5) is 0 Å². The summed E-state index contributed by atoms with van der Waals surface area (Å²) in [5.41, 5.74) is 3.08. The first-order chi connectivity index (χ1) is 36.5. The van der Waals surface area contributed by atoms with Gasteiger partial charge in [-0.15, -0.1) is 0 Å². The van der Waals surface area contributed by atoms with E-state index in [4.69, 9.17) is 9.47 Å². The lowest BCUT2D eigenvalue weighted by molar-refractivity contribution is -0.605. The van der Waals surface area contributed by atoms with Gasteiger partial charge in [0.05, 0.1) is 14.2 Å². The number of carbonyl (C=O) groups excluding carboxylic acids is 3. The average Bonchev–Trinajstić information content (AvgIpc) is 3.38. The fourth-order valence-corrected chi connectivity index (χ4v) is 10.1. The highest BCUT2D eigenvalue weighted by molar-refractivity contribution is 9.11. The minimum atomic E-state index is -0.643. The smallest absolute Gasteiger partial charge is 0.184 e. The molecule has 21 heteroatoms. The molecule has 8 N–H and O–H groups in total. The van der Waals surface area contributed by atoms with Crippen LogP contribution in [0.1, 0.15) is 163 Å². The predicted molar refractivity (Wildman–Crippen MR) is 311 cm³/mol. The highest BCUT2D eigenvalue weighted by Crippen LogP contribution is 2.57. The van der Waals surface area contributed by atoms with Gasteiger partial charge in [-0.1, -0.05) is 27.7 Å². The number of hydrogen-bond donors (Lipinski definition) is 8. The van der Waals surface area contributed by atoms with Crippen LogP contribution in [0.3, 0.4) is 0 Å². The van der Waals surface area contributed by atoms with Crippen LogP contribution in [0, 0.1) is 10.4 Å². The van der Waals surface area contributed by atoms with Crippen LogP contribution in [0.25, 0.3) is 0 Å². The molecule has 0 unspecified atom stereocenters. The Morgan fingerprint density at radius 3 is 0.654 bits per heavy atom. The van der Waals surface area contributed by atoms with Crippen LogP contribution in [-0.4, -0.2) is 72.4 Å². The van der Waals surface area contributed by atoms with Gasteiger partial charge >= 0.3 is 0 Å². The molecule has 6 aromatic rings. The topological polar surface area (TPSA) is 285 Å². The number of phenols is 8. The zero-order valence-corrected chi connectivity index (χ0v) is 51.8. The van der Waals surface area contributed by atoms with Gasteiger partial charge in [0.1, 0.15) is 92.7 Å². The van der Waals surface area contributed by atoms with Gasteiger partial charge in [-0.25, -0.2) is 0 Å². The lowest BCUT2D eigenvalue weighted by Crippen LogP contribution is -2.23. The first kappa shape index (κ1) is 67.8. The molecule has 0 atom stereocenters. The van der Waals surface area contributed by atoms with Gasteiger partial charge in [-0.3, -0.25) is 0 Å². The number of phenolic OH excluding ortho intramolecular Hbond substituents is 8. The van der Waals surface area contributed by atoms with Crippen molar-refractivity contribution in [2.24, 2.45) is 0 Å². The Morgan fingerprint density at radius 2 is 0.538 bits per heavy atom. The Hall–Kier alpha value is -6.29. The van der Waals surface area contributed by atoms with E-state index in [0.717, 1.165) is 0 Å². The minimum Gasteiger partial charge on any atom is -0.619 e. The molecule has 1 aliphatic carbocycles. The zero-order chi connectivity index (χ0) is 59.6. The molecule has 7 rings (SSSR count). The molecule has 424 valence electrons. The highest BCUT2D eigenvalue weighted by Gasteiger charge is 2.35. The van der Waals surface area contributed by atoms with Crippen molar-refractivity contribution in [1.82, 2.24) is 0 Å². The molecule has 0 aliphatic heterocycles. The number of rotatable bonds is 6. The van der Waals surface area contributed by atoms with Gasteiger partial charge in [0.15, 0.2) is 24.8 Å². The van der Waals surface area contributed by atoms with Crippen LogP contribution < -0.4 is 18.9 Å². The van der Waals surface area contributed by atoms with E-state index in [9.17, 15) is 65.7 Å². The third-order valence-electron chi connectivity index (χ3n) is 11.7. The highest BCUT2D eigenvalue weighted by atomic mass is 79.9. The van der Waals surface area contributed by atoms with Gasteiger partial charge < -0.3 is 75.1 Å². The van der Waals surface area contributed by atoms with Crippen LogP contribution in [0.5, 0.6) is 57.5 Å². The molecule has 0 fully saturated rings. The van der Waals surface area contributed by atoms with Gasteiger partial charge in [0.25, 0.3) is 0 Å². The minimum absolute atomic E-state index is 0.0377.